The molecule has 116 valence electrons. The van der Waals surface area contributed by atoms with Crippen molar-refractivity contribution in [1.82, 2.24) is 4.90 Å². The van der Waals surface area contributed by atoms with Gasteiger partial charge in [0, 0.05) is 25.7 Å². The SMILES string of the molecule is Fc1cccc(CN2CCC(Nc3ccccc3Cl)CC2)c1. The van der Waals surface area contributed by atoms with E-state index in [2.05, 4.69) is 10.2 Å². The van der Waals surface area contributed by atoms with E-state index in [1.165, 1.54) is 6.07 Å². The number of nitrogens with zero attached hydrogens (tertiary/aromatic N) is 1. The summed E-state index contributed by atoms with van der Waals surface area (Å²) in [5.41, 5.74) is 2.05. The standard InChI is InChI=1S/C18H20ClFN2/c19-17-6-1-2-7-18(17)21-16-8-10-22(11-9-16)13-14-4-3-5-15(20)12-14/h1-7,12,16,21H,8-11,13H2. The lowest BCUT2D eigenvalue weighted by Gasteiger charge is -2.33. The molecule has 22 heavy (non-hydrogen) atoms. The zero-order valence-electron chi connectivity index (χ0n) is 12.4. The third kappa shape index (κ3) is 3.99. The Bertz CT molecular complexity index is 624. The summed E-state index contributed by atoms with van der Waals surface area (Å²) in [5, 5.41) is 4.29. The van der Waals surface area contributed by atoms with Crippen molar-refractivity contribution in [1.29, 1.82) is 0 Å². The first-order chi connectivity index (χ1) is 10.7. The summed E-state index contributed by atoms with van der Waals surface area (Å²) in [5.74, 6) is -0.159. The molecule has 3 rings (SSSR count). The molecule has 2 aromatic carbocycles. The van der Waals surface area contributed by atoms with Crippen molar-refractivity contribution in [3.05, 3.63) is 64.9 Å². The van der Waals surface area contributed by atoms with E-state index >= 15 is 0 Å². The van der Waals surface area contributed by atoms with E-state index in [9.17, 15) is 4.39 Å². The minimum Gasteiger partial charge on any atom is -0.381 e. The molecule has 1 saturated heterocycles. The molecule has 0 amide bonds. The average molecular weight is 319 g/mol. The molecule has 1 heterocycles. The quantitative estimate of drug-likeness (QED) is 0.889. The third-order valence-corrected chi connectivity index (χ3v) is 4.45. The first-order valence-corrected chi connectivity index (χ1v) is 8.06. The van der Waals surface area contributed by atoms with Gasteiger partial charge in [-0.3, -0.25) is 4.90 Å². The summed E-state index contributed by atoms with van der Waals surface area (Å²) < 4.78 is 13.2. The molecule has 1 N–H and O–H groups in total. The minimum atomic E-state index is -0.159. The highest BCUT2D eigenvalue weighted by Gasteiger charge is 2.19. The van der Waals surface area contributed by atoms with Crippen molar-refractivity contribution in [3.8, 4) is 0 Å². The molecule has 1 fully saturated rings. The lowest BCUT2D eigenvalue weighted by Crippen LogP contribution is -2.38. The topological polar surface area (TPSA) is 15.3 Å². The molecule has 2 aromatic rings. The molecule has 0 aromatic heterocycles. The molecule has 0 radical (unpaired) electrons. The zero-order chi connectivity index (χ0) is 15.4. The molecular formula is C18H20ClFN2. The molecule has 0 aliphatic carbocycles. The number of anilines is 1. The molecule has 0 spiro atoms. The van der Waals surface area contributed by atoms with Crippen LogP contribution in [0.1, 0.15) is 18.4 Å². The van der Waals surface area contributed by atoms with Gasteiger partial charge in [0.05, 0.1) is 10.7 Å². The van der Waals surface area contributed by atoms with Crippen LogP contribution in [0.4, 0.5) is 10.1 Å². The monoisotopic (exact) mass is 318 g/mol. The first kappa shape index (κ1) is 15.3. The van der Waals surface area contributed by atoms with Crippen molar-refractivity contribution in [3.63, 3.8) is 0 Å². The predicted octanol–water partition coefficient (Wildman–Crippen LogP) is 4.56. The molecule has 0 bridgehead atoms. The summed E-state index contributed by atoms with van der Waals surface area (Å²) in [6.07, 6.45) is 2.14. The summed E-state index contributed by atoms with van der Waals surface area (Å²) in [7, 11) is 0. The van der Waals surface area contributed by atoms with Crippen LogP contribution in [-0.4, -0.2) is 24.0 Å². The van der Waals surface area contributed by atoms with Gasteiger partial charge < -0.3 is 5.32 Å². The van der Waals surface area contributed by atoms with Crippen LogP contribution in [0.15, 0.2) is 48.5 Å². The number of para-hydroxylation sites is 1. The number of benzene rings is 2. The maximum absolute atomic E-state index is 13.2. The van der Waals surface area contributed by atoms with Crippen molar-refractivity contribution < 1.29 is 4.39 Å². The van der Waals surface area contributed by atoms with Crippen molar-refractivity contribution in [2.75, 3.05) is 18.4 Å². The second-order valence-corrected chi connectivity index (χ2v) is 6.21. The van der Waals surface area contributed by atoms with Crippen LogP contribution in [0, 0.1) is 5.82 Å². The van der Waals surface area contributed by atoms with E-state index in [0.717, 1.165) is 48.7 Å². The van der Waals surface area contributed by atoms with Gasteiger partial charge in [-0.05, 0) is 42.7 Å². The molecular weight excluding hydrogens is 299 g/mol. The Hall–Kier alpha value is -1.58. The second-order valence-electron chi connectivity index (χ2n) is 5.80. The van der Waals surface area contributed by atoms with Gasteiger partial charge in [-0.1, -0.05) is 35.9 Å². The molecule has 4 heteroatoms. The van der Waals surface area contributed by atoms with E-state index in [-0.39, 0.29) is 5.82 Å². The first-order valence-electron chi connectivity index (χ1n) is 7.68. The number of hydrogen-bond acceptors (Lipinski definition) is 2. The summed E-state index contributed by atoms with van der Waals surface area (Å²) >= 11 is 6.19. The molecule has 2 nitrogen and oxygen atoms in total. The van der Waals surface area contributed by atoms with Crippen molar-refractivity contribution in [2.24, 2.45) is 0 Å². The Morgan fingerprint density at radius 2 is 1.86 bits per heavy atom. The normalized spacial score (nSPS) is 16.6. The number of piperidine rings is 1. The Morgan fingerprint density at radius 1 is 1.09 bits per heavy atom. The Balaban J connectivity index is 1.51. The van der Waals surface area contributed by atoms with Crippen LogP contribution in [-0.2, 0) is 6.54 Å². The summed E-state index contributed by atoms with van der Waals surface area (Å²) in [4.78, 5) is 2.37. The average Bonchev–Trinajstić information content (AvgIpc) is 2.52. The molecule has 0 unspecified atom stereocenters. The predicted molar refractivity (Wildman–Crippen MR) is 89.8 cm³/mol. The van der Waals surface area contributed by atoms with Crippen molar-refractivity contribution in [2.45, 2.75) is 25.4 Å². The number of rotatable bonds is 4. The fourth-order valence-electron chi connectivity index (χ4n) is 2.93. The smallest absolute Gasteiger partial charge is 0.123 e. The second kappa shape index (κ2) is 7.12. The fraction of sp³-hybridized carbons (Fsp3) is 0.333. The van der Waals surface area contributed by atoms with Gasteiger partial charge in [0.1, 0.15) is 5.82 Å². The van der Waals surface area contributed by atoms with E-state index in [1.807, 2.05) is 30.3 Å². The summed E-state index contributed by atoms with van der Waals surface area (Å²) in [6, 6.07) is 15.2. The lowest BCUT2D eigenvalue weighted by molar-refractivity contribution is 0.211. The van der Waals surface area contributed by atoms with Gasteiger partial charge in [-0.25, -0.2) is 4.39 Å². The summed E-state index contributed by atoms with van der Waals surface area (Å²) in [6.45, 7) is 2.84. The van der Waals surface area contributed by atoms with Crippen LogP contribution in [0.25, 0.3) is 0 Å². The van der Waals surface area contributed by atoms with Crippen LogP contribution >= 0.6 is 11.6 Å². The molecule has 1 aliphatic rings. The number of likely N-dealkylation sites (tertiary alicyclic amines) is 1. The van der Waals surface area contributed by atoms with E-state index in [0.29, 0.717) is 6.04 Å². The molecule has 0 atom stereocenters. The van der Waals surface area contributed by atoms with Crippen LogP contribution in [0.5, 0.6) is 0 Å². The van der Waals surface area contributed by atoms with Crippen LogP contribution in [0.3, 0.4) is 0 Å². The van der Waals surface area contributed by atoms with Crippen LogP contribution < -0.4 is 5.32 Å². The van der Waals surface area contributed by atoms with Crippen LogP contribution in [0.2, 0.25) is 5.02 Å². The van der Waals surface area contributed by atoms with Gasteiger partial charge in [0.25, 0.3) is 0 Å². The van der Waals surface area contributed by atoms with Gasteiger partial charge in [0.2, 0.25) is 0 Å². The van der Waals surface area contributed by atoms with Gasteiger partial charge >= 0.3 is 0 Å². The molecule has 1 aliphatic heterocycles. The minimum absolute atomic E-state index is 0.159. The maximum atomic E-state index is 13.2. The maximum Gasteiger partial charge on any atom is 0.123 e. The number of hydrogen-bond donors (Lipinski definition) is 1. The highest BCUT2D eigenvalue weighted by molar-refractivity contribution is 6.33. The van der Waals surface area contributed by atoms with E-state index in [1.54, 1.807) is 12.1 Å². The van der Waals surface area contributed by atoms with E-state index < -0.39 is 0 Å². The largest absolute Gasteiger partial charge is 0.381 e. The fourth-order valence-corrected chi connectivity index (χ4v) is 3.12. The highest BCUT2D eigenvalue weighted by Crippen LogP contribution is 2.24. The van der Waals surface area contributed by atoms with Crippen molar-refractivity contribution >= 4 is 17.3 Å². The number of nitrogens with one attached hydrogen (secondary N) is 1. The van der Waals surface area contributed by atoms with Gasteiger partial charge in [-0.15, -0.1) is 0 Å². The Kier molecular flexibility index (Phi) is 4.96. The van der Waals surface area contributed by atoms with Gasteiger partial charge in [0.15, 0.2) is 0 Å². The van der Waals surface area contributed by atoms with Gasteiger partial charge in [-0.2, -0.15) is 0 Å². The Labute approximate surface area is 135 Å². The lowest BCUT2D eigenvalue weighted by atomic mass is 10.0. The van der Waals surface area contributed by atoms with E-state index in [4.69, 9.17) is 11.6 Å². The molecule has 0 saturated carbocycles. The third-order valence-electron chi connectivity index (χ3n) is 4.12. The Morgan fingerprint density at radius 3 is 2.59 bits per heavy atom. The zero-order valence-corrected chi connectivity index (χ0v) is 13.2. The number of halogens is 2. The highest BCUT2D eigenvalue weighted by atomic mass is 35.5.